The van der Waals surface area contributed by atoms with Crippen LogP contribution in [-0.2, 0) is 12.4 Å². The first-order valence-corrected chi connectivity index (χ1v) is 17.4. The molecule has 0 spiro atoms. The van der Waals surface area contributed by atoms with Gasteiger partial charge in [0.25, 0.3) is 0 Å². The van der Waals surface area contributed by atoms with Crippen LogP contribution in [0, 0.1) is 0 Å². The number of nitrogens with zero attached hydrogens (tertiary/aromatic N) is 2. The highest BCUT2D eigenvalue weighted by atomic mass is 32.1. The van der Waals surface area contributed by atoms with E-state index in [4.69, 9.17) is 9.97 Å². The number of thiazole rings is 1. The first kappa shape index (κ1) is 32.8. The molecular weight excluding hydrogens is 703 g/mol. The predicted octanol–water partition coefficient (Wildman–Crippen LogP) is 13.9. The zero-order valence-electron chi connectivity index (χ0n) is 27.4. The molecule has 0 bridgehead atoms. The molecule has 2 heterocycles. The van der Waals surface area contributed by atoms with E-state index in [0.717, 1.165) is 71.3 Å². The third kappa shape index (κ3) is 6.06. The van der Waals surface area contributed by atoms with E-state index in [-0.39, 0.29) is 17.3 Å². The number of rotatable bonds is 4. The monoisotopic (exact) mass is 726 g/mol. The zero-order chi connectivity index (χ0) is 36.5. The fourth-order valence-electron chi connectivity index (χ4n) is 6.85. The summed E-state index contributed by atoms with van der Waals surface area (Å²) in [6.45, 7) is 0. The van der Waals surface area contributed by atoms with Gasteiger partial charge >= 0.3 is 12.4 Å². The van der Waals surface area contributed by atoms with Crippen LogP contribution in [0.25, 0.3) is 86.7 Å². The number of para-hydroxylation sites is 1. The van der Waals surface area contributed by atoms with E-state index in [1.54, 1.807) is 35.6 Å². The Hall–Kier alpha value is -6.06. The zero-order valence-corrected chi connectivity index (χ0v) is 28.2. The van der Waals surface area contributed by atoms with Gasteiger partial charge < -0.3 is 0 Å². The molecule has 0 aliphatic rings. The maximum Gasteiger partial charge on any atom is 0.416 e. The average molecular weight is 727 g/mol. The minimum Gasteiger partial charge on any atom is -0.247 e. The van der Waals surface area contributed by atoms with Crippen molar-refractivity contribution < 1.29 is 26.3 Å². The third-order valence-corrected chi connectivity index (χ3v) is 10.6. The fourth-order valence-corrected chi connectivity index (χ4v) is 7.83. The Morgan fingerprint density at radius 1 is 0.396 bits per heavy atom. The van der Waals surface area contributed by atoms with Crippen molar-refractivity contribution >= 4 is 54.0 Å². The van der Waals surface area contributed by atoms with Crippen LogP contribution in [0.3, 0.4) is 0 Å². The smallest absolute Gasteiger partial charge is 0.247 e. The number of pyridine rings is 1. The van der Waals surface area contributed by atoms with Gasteiger partial charge in [-0.25, -0.2) is 9.97 Å². The summed E-state index contributed by atoms with van der Waals surface area (Å²) in [6.07, 6.45) is -9.95. The van der Waals surface area contributed by atoms with Gasteiger partial charge in [-0.2, -0.15) is 26.3 Å². The van der Waals surface area contributed by atoms with Gasteiger partial charge in [-0.05, 0) is 86.9 Å². The SMILES string of the molecule is FC(F)(F)c1cc(-c2nc3cc(-c4ccc5cc(-c6ccc(-c7nc8ccccc8s7)cc6)ccc5c4)ccc3c3ccccc23)cc(C(F)(F)F)c1. The second-order valence-electron chi connectivity index (χ2n) is 12.9. The van der Waals surface area contributed by atoms with E-state index in [1.165, 1.54) is 0 Å². The second kappa shape index (κ2) is 12.3. The number of benzene rings is 7. The van der Waals surface area contributed by atoms with E-state index >= 15 is 0 Å². The molecule has 0 saturated carbocycles. The van der Waals surface area contributed by atoms with Crippen molar-refractivity contribution in [3.63, 3.8) is 0 Å². The quantitative estimate of drug-likeness (QED) is 0.133. The first-order chi connectivity index (χ1) is 25.5. The van der Waals surface area contributed by atoms with Gasteiger partial charge in [-0.1, -0.05) is 97.1 Å². The van der Waals surface area contributed by atoms with Crippen molar-refractivity contribution in [2.45, 2.75) is 12.4 Å². The van der Waals surface area contributed by atoms with Crippen molar-refractivity contribution in [1.29, 1.82) is 0 Å². The van der Waals surface area contributed by atoms with Crippen LogP contribution >= 0.6 is 11.3 Å². The van der Waals surface area contributed by atoms with Crippen molar-refractivity contribution in [3.8, 4) is 44.1 Å². The molecule has 9 rings (SSSR count). The van der Waals surface area contributed by atoms with Crippen molar-refractivity contribution in [2.75, 3.05) is 0 Å². The van der Waals surface area contributed by atoms with E-state index < -0.39 is 23.5 Å². The van der Waals surface area contributed by atoms with Crippen molar-refractivity contribution in [3.05, 3.63) is 157 Å². The minimum atomic E-state index is -4.98. The number of fused-ring (bicyclic) bond motifs is 5. The van der Waals surface area contributed by atoms with Crippen LogP contribution in [-0.4, -0.2) is 9.97 Å². The van der Waals surface area contributed by atoms with Crippen molar-refractivity contribution in [1.82, 2.24) is 9.97 Å². The van der Waals surface area contributed by atoms with E-state index in [2.05, 4.69) is 54.6 Å². The molecule has 2 nitrogen and oxygen atoms in total. The highest BCUT2D eigenvalue weighted by Gasteiger charge is 2.37. The fraction of sp³-hybridized carbons (Fsp3) is 0.0455. The van der Waals surface area contributed by atoms with E-state index in [9.17, 15) is 26.3 Å². The average Bonchev–Trinajstić information content (AvgIpc) is 3.61. The topological polar surface area (TPSA) is 25.8 Å². The standard InChI is InChI=1S/C44H24F6N2S/c45-43(46,47)33-21-32(22-34(24-33)44(48,49)50)41-37-6-2-1-5-35(37)36-18-17-31(23-39(36)51-41)30-16-15-28-19-27(13-14-29(28)20-30)25-9-11-26(12-10-25)42-52-38-7-3-4-8-40(38)53-42/h1-24H. The number of halogens is 6. The van der Waals surface area contributed by atoms with Crippen LogP contribution in [0.15, 0.2) is 146 Å². The largest absolute Gasteiger partial charge is 0.416 e. The summed E-state index contributed by atoms with van der Waals surface area (Å²) in [5, 5.41) is 4.88. The van der Waals surface area contributed by atoms with Gasteiger partial charge in [0.05, 0.1) is 32.6 Å². The second-order valence-corrected chi connectivity index (χ2v) is 13.9. The van der Waals surface area contributed by atoms with Gasteiger partial charge in [0.2, 0.25) is 0 Å². The van der Waals surface area contributed by atoms with Gasteiger partial charge in [0, 0.05) is 21.9 Å². The van der Waals surface area contributed by atoms with Crippen LogP contribution in [0.5, 0.6) is 0 Å². The Labute approximate surface area is 302 Å². The summed E-state index contributed by atoms with van der Waals surface area (Å²) < 4.78 is 83.9. The number of alkyl halides is 6. The summed E-state index contributed by atoms with van der Waals surface area (Å²) in [5.74, 6) is 0. The molecule has 53 heavy (non-hydrogen) atoms. The molecule has 0 N–H and O–H groups in total. The molecule has 0 aliphatic heterocycles. The molecule has 258 valence electrons. The van der Waals surface area contributed by atoms with Gasteiger partial charge in [0.1, 0.15) is 5.01 Å². The molecule has 0 aliphatic carbocycles. The molecule has 0 amide bonds. The Morgan fingerprint density at radius 3 is 1.60 bits per heavy atom. The summed E-state index contributed by atoms with van der Waals surface area (Å²) in [6, 6.07) is 43.0. The molecule has 0 unspecified atom stereocenters. The maximum absolute atomic E-state index is 13.8. The van der Waals surface area contributed by atoms with Crippen LogP contribution in [0.1, 0.15) is 11.1 Å². The number of hydrogen-bond donors (Lipinski definition) is 0. The van der Waals surface area contributed by atoms with Crippen LogP contribution in [0.2, 0.25) is 0 Å². The van der Waals surface area contributed by atoms with E-state index in [0.29, 0.717) is 16.3 Å². The summed E-state index contributed by atoms with van der Waals surface area (Å²) >= 11 is 1.67. The maximum atomic E-state index is 13.8. The van der Waals surface area contributed by atoms with Gasteiger partial charge in [0.15, 0.2) is 0 Å². The molecular formula is C44H24F6N2S. The number of hydrogen-bond acceptors (Lipinski definition) is 3. The molecule has 7 aromatic carbocycles. The minimum absolute atomic E-state index is 0.0426. The summed E-state index contributed by atoms with van der Waals surface area (Å²) in [5.41, 5.74) is 3.35. The normalized spacial score (nSPS) is 12.3. The highest BCUT2D eigenvalue weighted by molar-refractivity contribution is 7.21. The molecule has 2 aromatic heterocycles. The lowest BCUT2D eigenvalue weighted by molar-refractivity contribution is -0.143. The van der Waals surface area contributed by atoms with Gasteiger partial charge in [-0.3, -0.25) is 0 Å². The number of aromatic nitrogens is 2. The lowest BCUT2D eigenvalue weighted by Crippen LogP contribution is -2.11. The Kier molecular flexibility index (Phi) is 7.60. The van der Waals surface area contributed by atoms with Gasteiger partial charge in [-0.15, -0.1) is 11.3 Å². The Morgan fingerprint density at radius 2 is 0.943 bits per heavy atom. The third-order valence-electron chi connectivity index (χ3n) is 9.50. The Balaban J connectivity index is 1.08. The summed E-state index contributed by atoms with van der Waals surface area (Å²) in [7, 11) is 0. The molecule has 0 fully saturated rings. The highest BCUT2D eigenvalue weighted by Crippen LogP contribution is 2.41. The van der Waals surface area contributed by atoms with Crippen molar-refractivity contribution in [2.24, 2.45) is 0 Å². The predicted molar refractivity (Wildman–Crippen MR) is 202 cm³/mol. The Bertz CT molecular complexity index is 2810. The van der Waals surface area contributed by atoms with Crippen LogP contribution < -0.4 is 0 Å². The molecule has 9 aromatic rings. The molecule has 0 atom stereocenters. The molecule has 0 radical (unpaired) electrons. The van der Waals surface area contributed by atoms with Crippen LogP contribution in [0.4, 0.5) is 26.3 Å². The lowest BCUT2D eigenvalue weighted by atomic mass is 9.94. The molecule has 0 saturated heterocycles. The lowest BCUT2D eigenvalue weighted by Gasteiger charge is -2.16. The summed E-state index contributed by atoms with van der Waals surface area (Å²) in [4.78, 5) is 9.48. The molecule has 9 heteroatoms. The van der Waals surface area contributed by atoms with E-state index in [1.807, 2.05) is 48.5 Å². The first-order valence-electron chi connectivity index (χ1n) is 16.6.